The Morgan fingerprint density at radius 1 is 1.30 bits per heavy atom. The van der Waals surface area contributed by atoms with Gasteiger partial charge in [0.1, 0.15) is 4.83 Å². The molecule has 0 amide bonds. The van der Waals surface area contributed by atoms with Crippen LogP contribution in [0.25, 0.3) is 21.3 Å². The van der Waals surface area contributed by atoms with Crippen LogP contribution in [0, 0.1) is 0 Å². The molecule has 1 N–H and O–H groups in total. The number of aromatic nitrogens is 2. The van der Waals surface area contributed by atoms with Crippen LogP contribution < -0.4 is 5.56 Å². The van der Waals surface area contributed by atoms with Crippen LogP contribution in [0.4, 0.5) is 0 Å². The lowest BCUT2D eigenvalue weighted by Crippen LogP contribution is -2.24. The Balaban J connectivity index is 2.10. The number of aliphatic hydroxyl groups is 1. The number of fused-ring (bicyclic) bond motifs is 1. The summed E-state index contributed by atoms with van der Waals surface area (Å²) in [6.07, 6.45) is 1.38. The Labute approximate surface area is 171 Å². The van der Waals surface area contributed by atoms with Crippen LogP contribution in [0.15, 0.2) is 39.6 Å². The molecule has 8 heteroatoms. The van der Waals surface area contributed by atoms with Gasteiger partial charge in [-0.1, -0.05) is 41.6 Å². The normalized spacial score (nSPS) is 11.4. The minimum Gasteiger partial charge on any atom is -0.396 e. The van der Waals surface area contributed by atoms with Gasteiger partial charge >= 0.3 is 0 Å². The Hall–Kier alpha value is -1.38. The number of methoxy groups -OCH3 is 1. The first-order chi connectivity index (χ1) is 13.2. The molecular formula is C19H21ClN2O3S2. The number of rotatable bonds is 9. The molecule has 5 nitrogen and oxygen atoms in total. The van der Waals surface area contributed by atoms with E-state index in [9.17, 15) is 4.79 Å². The zero-order valence-electron chi connectivity index (χ0n) is 15.0. The van der Waals surface area contributed by atoms with Crippen molar-refractivity contribution in [1.29, 1.82) is 0 Å². The van der Waals surface area contributed by atoms with Crippen LogP contribution in [0.5, 0.6) is 0 Å². The predicted octanol–water partition coefficient (Wildman–Crippen LogP) is 4.29. The van der Waals surface area contributed by atoms with Gasteiger partial charge in [0.05, 0.1) is 5.39 Å². The number of ether oxygens (including phenoxy) is 1. The summed E-state index contributed by atoms with van der Waals surface area (Å²) in [5, 5.41) is 12.9. The highest BCUT2D eigenvalue weighted by atomic mass is 35.5. The Bertz CT molecular complexity index is 971. The fraction of sp³-hybridized carbons (Fsp3) is 0.368. The lowest BCUT2D eigenvalue weighted by molar-refractivity contribution is 0.189. The predicted molar refractivity (Wildman–Crippen MR) is 113 cm³/mol. The molecule has 144 valence electrons. The van der Waals surface area contributed by atoms with E-state index in [2.05, 4.69) is 0 Å². The largest absolute Gasteiger partial charge is 0.396 e. The number of benzene rings is 1. The second-order valence-corrected chi connectivity index (χ2v) is 8.26. The zero-order chi connectivity index (χ0) is 19.2. The van der Waals surface area contributed by atoms with Crippen molar-refractivity contribution in [3.63, 3.8) is 0 Å². The number of thiophene rings is 1. The van der Waals surface area contributed by atoms with E-state index < -0.39 is 0 Å². The van der Waals surface area contributed by atoms with Crippen molar-refractivity contribution in [2.75, 3.05) is 26.1 Å². The molecule has 0 unspecified atom stereocenters. The van der Waals surface area contributed by atoms with Crippen molar-refractivity contribution in [2.45, 2.75) is 24.5 Å². The van der Waals surface area contributed by atoms with Crippen LogP contribution in [0.2, 0.25) is 5.02 Å². The van der Waals surface area contributed by atoms with Gasteiger partial charge in [-0.3, -0.25) is 9.36 Å². The molecule has 1 aromatic carbocycles. The number of aliphatic hydroxyl groups excluding tert-OH is 1. The van der Waals surface area contributed by atoms with E-state index in [1.807, 2.05) is 29.6 Å². The molecule has 0 saturated carbocycles. The third kappa shape index (κ3) is 4.55. The van der Waals surface area contributed by atoms with Crippen LogP contribution in [0.1, 0.15) is 12.8 Å². The fourth-order valence-electron chi connectivity index (χ4n) is 2.79. The Morgan fingerprint density at radius 2 is 2.11 bits per heavy atom. The number of halogens is 1. The molecule has 2 aromatic heterocycles. The van der Waals surface area contributed by atoms with Gasteiger partial charge in [-0.15, -0.1) is 11.3 Å². The molecule has 27 heavy (non-hydrogen) atoms. The molecule has 0 bridgehead atoms. The lowest BCUT2D eigenvalue weighted by Gasteiger charge is -2.12. The third-order valence-corrected chi connectivity index (χ3v) is 6.35. The summed E-state index contributed by atoms with van der Waals surface area (Å²) in [5.41, 5.74) is 1.61. The van der Waals surface area contributed by atoms with Crippen molar-refractivity contribution in [2.24, 2.45) is 0 Å². The summed E-state index contributed by atoms with van der Waals surface area (Å²) in [7, 11) is 1.65. The van der Waals surface area contributed by atoms with Crippen molar-refractivity contribution in [3.8, 4) is 11.1 Å². The zero-order valence-corrected chi connectivity index (χ0v) is 17.4. The molecule has 0 aliphatic rings. The van der Waals surface area contributed by atoms with E-state index in [-0.39, 0.29) is 12.2 Å². The van der Waals surface area contributed by atoms with E-state index in [4.69, 9.17) is 26.4 Å². The van der Waals surface area contributed by atoms with E-state index in [0.29, 0.717) is 45.7 Å². The van der Waals surface area contributed by atoms with Crippen LogP contribution in [0.3, 0.4) is 0 Å². The van der Waals surface area contributed by atoms with Crippen molar-refractivity contribution in [3.05, 3.63) is 45.0 Å². The molecule has 0 spiro atoms. The second kappa shape index (κ2) is 9.71. The summed E-state index contributed by atoms with van der Waals surface area (Å²) in [5.74, 6) is 0.710. The highest BCUT2D eigenvalue weighted by Crippen LogP contribution is 2.35. The monoisotopic (exact) mass is 424 g/mol. The number of thioether (sulfide) groups is 1. The van der Waals surface area contributed by atoms with Crippen LogP contribution >= 0.6 is 34.7 Å². The summed E-state index contributed by atoms with van der Waals surface area (Å²) in [4.78, 5) is 18.8. The second-order valence-electron chi connectivity index (χ2n) is 5.93. The van der Waals surface area contributed by atoms with Gasteiger partial charge in [-0.25, -0.2) is 4.98 Å². The number of nitrogens with zero attached hydrogens (tertiary/aromatic N) is 2. The van der Waals surface area contributed by atoms with Gasteiger partial charge in [0.2, 0.25) is 0 Å². The van der Waals surface area contributed by atoms with Gasteiger partial charge in [0.15, 0.2) is 5.16 Å². The highest BCUT2D eigenvalue weighted by molar-refractivity contribution is 7.99. The van der Waals surface area contributed by atoms with Gasteiger partial charge in [0.25, 0.3) is 5.56 Å². The maximum absolute atomic E-state index is 13.3. The Kier molecular flexibility index (Phi) is 7.32. The molecule has 2 heterocycles. The average Bonchev–Trinajstić information content (AvgIpc) is 3.08. The SMILES string of the molecule is COCCCn1c(SCCCO)nc2scc(-c3ccccc3Cl)c2c1=O. The molecule has 0 aliphatic heterocycles. The van der Waals surface area contributed by atoms with Crippen molar-refractivity contribution >= 4 is 44.9 Å². The third-order valence-electron chi connectivity index (χ3n) is 4.09. The molecule has 0 aliphatic carbocycles. The standard InChI is InChI=1S/C19H21ClN2O3S2/c1-25-10-4-8-22-18(24)16-14(13-6-2-3-7-15(13)20)12-27-17(16)21-19(22)26-11-5-9-23/h2-3,6-7,12,23H,4-5,8-11H2,1H3. The smallest absolute Gasteiger partial charge is 0.263 e. The maximum atomic E-state index is 13.3. The first-order valence-electron chi connectivity index (χ1n) is 8.67. The maximum Gasteiger partial charge on any atom is 0.263 e. The molecule has 0 radical (unpaired) electrons. The minimum atomic E-state index is -0.0567. The van der Waals surface area contributed by atoms with E-state index >= 15 is 0 Å². The molecule has 3 rings (SSSR count). The lowest BCUT2D eigenvalue weighted by atomic mass is 10.1. The van der Waals surface area contributed by atoms with Gasteiger partial charge in [-0.05, 0) is 18.9 Å². The summed E-state index contributed by atoms with van der Waals surface area (Å²) in [6, 6.07) is 7.53. The van der Waals surface area contributed by atoms with Gasteiger partial charge in [-0.2, -0.15) is 0 Å². The van der Waals surface area contributed by atoms with E-state index in [1.54, 1.807) is 11.7 Å². The Morgan fingerprint density at radius 3 is 2.85 bits per heavy atom. The summed E-state index contributed by atoms with van der Waals surface area (Å²) < 4.78 is 6.85. The van der Waals surface area contributed by atoms with Crippen LogP contribution in [-0.2, 0) is 11.3 Å². The molecular weight excluding hydrogens is 404 g/mol. The molecule has 0 saturated heterocycles. The minimum absolute atomic E-state index is 0.0567. The van der Waals surface area contributed by atoms with Crippen molar-refractivity contribution in [1.82, 2.24) is 9.55 Å². The van der Waals surface area contributed by atoms with Gasteiger partial charge in [0, 0.05) is 54.2 Å². The van der Waals surface area contributed by atoms with E-state index in [0.717, 1.165) is 17.5 Å². The van der Waals surface area contributed by atoms with Crippen molar-refractivity contribution < 1.29 is 9.84 Å². The first-order valence-corrected chi connectivity index (χ1v) is 10.9. The quantitative estimate of drug-likeness (QED) is 0.315. The number of hydrogen-bond acceptors (Lipinski definition) is 6. The fourth-order valence-corrected chi connectivity index (χ4v) is 4.95. The van der Waals surface area contributed by atoms with Crippen LogP contribution in [-0.4, -0.2) is 40.7 Å². The molecule has 0 fully saturated rings. The topological polar surface area (TPSA) is 64.3 Å². The average molecular weight is 425 g/mol. The van der Waals surface area contributed by atoms with Gasteiger partial charge < -0.3 is 9.84 Å². The molecule has 0 atom stereocenters. The van der Waals surface area contributed by atoms with E-state index in [1.165, 1.54) is 23.1 Å². The highest BCUT2D eigenvalue weighted by Gasteiger charge is 2.18. The first kappa shape index (κ1) is 20.4. The molecule has 3 aromatic rings. The summed E-state index contributed by atoms with van der Waals surface area (Å²) in [6.45, 7) is 1.24. The number of hydrogen-bond donors (Lipinski definition) is 1. The summed E-state index contributed by atoms with van der Waals surface area (Å²) >= 11 is 9.31.